The van der Waals surface area contributed by atoms with E-state index in [4.69, 9.17) is 0 Å². The molecule has 0 bridgehead atoms. The Hall–Kier alpha value is -1.05. The fraction of sp³-hybridized carbons (Fsp3) is 0.750. The molecular weight excluding hydrogens is 272 g/mol. The molecule has 2 fully saturated rings. The van der Waals surface area contributed by atoms with Gasteiger partial charge in [0.1, 0.15) is 0 Å². The number of aliphatic carboxylic acids is 1. The number of carboxylic acid groups (broad SMARTS) is 1. The molecule has 1 N–H and O–H groups in total. The number of hydrogen-bond acceptors (Lipinski definition) is 1. The third kappa shape index (κ3) is 2.18. The van der Waals surface area contributed by atoms with Gasteiger partial charge in [-0.05, 0) is 69.1 Å². The van der Waals surface area contributed by atoms with E-state index in [0.29, 0.717) is 17.8 Å². The van der Waals surface area contributed by atoms with Crippen LogP contribution >= 0.6 is 0 Å². The van der Waals surface area contributed by atoms with Crippen molar-refractivity contribution in [3.63, 3.8) is 0 Å². The molecule has 3 aliphatic rings. The van der Waals surface area contributed by atoms with Gasteiger partial charge in [-0.1, -0.05) is 43.6 Å². The predicted octanol–water partition coefficient (Wildman–Crippen LogP) is 5.21. The number of carbonyl (C=O) groups is 1. The summed E-state index contributed by atoms with van der Waals surface area (Å²) >= 11 is 0. The van der Waals surface area contributed by atoms with Crippen LogP contribution < -0.4 is 0 Å². The lowest BCUT2D eigenvalue weighted by molar-refractivity contribution is -0.164. The van der Waals surface area contributed by atoms with E-state index < -0.39 is 11.4 Å². The smallest absolute Gasteiger partial charge is 0.309 e. The normalized spacial score (nSPS) is 45.0. The molecule has 0 aromatic rings. The molecule has 122 valence electrons. The van der Waals surface area contributed by atoms with Gasteiger partial charge in [0.25, 0.3) is 0 Å². The highest BCUT2D eigenvalue weighted by atomic mass is 16.4. The van der Waals surface area contributed by atoms with E-state index in [2.05, 4.69) is 32.9 Å². The minimum Gasteiger partial charge on any atom is -0.481 e. The fourth-order valence-corrected chi connectivity index (χ4v) is 5.71. The van der Waals surface area contributed by atoms with Gasteiger partial charge in [-0.2, -0.15) is 0 Å². The van der Waals surface area contributed by atoms with Gasteiger partial charge in [0.15, 0.2) is 0 Å². The summed E-state index contributed by atoms with van der Waals surface area (Å²) in [5.74, 6) is 0.819. The summed E-state index contributed by atoms with van der Waals surface area (Å²) in [5.41, 5.74) is 2.69. The average molecular weight is 302 g/mol. The number of allylic oxidation sites excluding steroid dienone is 4. The molecule has 0 saturated heterocycles. The summed E-state index contributed by atoms with van der Waals surface area (Å²) < 4.78 is 0. The fourth-order valence-electron chi connectivity index (χ4n) is 5.71. The highest BCUT2D eigenvalue weighted by Gasteiger charge is 2.57. The number of hydrogen-bond donors (Lipinski definition) is 1. The Labute approximate surface area is 134 Å². The van der Waals surface area contributed by atoms with Crippen LogP contribution in [-0.2, 0) is 4.79 Å². The molecule has 0 aromatic carbocycles. The molecule has 0 unspecified atom stereocenters. The van der Waals surface area contributed by atoms with Crippen molar-refractivity contribution >= 4 is 5.97 Å². The zero-order chi connectivity index (χ0) is 16.1. The van der Waals surface area contributed by atoms with E-state index in [1.54, 1.807) is 5.57 Å². The van der Waals surface area contributed by atoms with Gasteiger partial charge in [0.05, 0.1) is 5.41 Å². The second-order valence-electron chi connectivity index (χ2n) is 8.44. The minimum atomic E-state index is -0.579. The first-order valence-electron chi connectivity index (χ1n) is 8.89. The number of carboxylic acids is 1. The molecule has 2 heteroatoms. The second-order valence-corrected chi connectivity index (χ2v) is 8.44. The molecule has 3 rings (SSSR count). The summed E-state index contributed by atoms with van der Waals surface area (Å²) in [7, 11) is 0. The van der Waals surface area contributed by atoms with Crippen LogP contribution in [0.3, 0.4) is 0 Å². The first-order chi connectivity index (χ1) is 10.3. The van der Waals surface area contributed by atoms with Crippen LogP contribution in [0.15, 0.2) is 23.3 Å². The Kier molecular flexibility index (Phi) is 3.78. The van der Waals surface area contributed by atoms with Crippen LogP contribution in [0.1, 0.15) is 66.2 Å². The van der Waals surface area contributed by atoms with Gasteiger partial charge in [0, 0.05) is 0 Å². The molecule has 2 nitrogen and oxygen atoms in total. The second kappa shape index (κ2) is 5.25. The molecule has 3 aliphatic carbocycles. The molecule has 0 amide bonds. The zero-order valence-electron chi connectivity index (χ0n) is 14.5. The monoisotopic (exact) mass is 302 g/mol. The van der Waals surface area contributed by atoms with Crippen LogP contribution in [0.25, 0.3) is 0 Å². The van der Waals surface area contributed by atoms with Crippen molar-refractivity contribution in [2.24, 2.45) is 28.6 Å². The van der Waals surface area contributed by atoms with E-state index in [1.807, 2.05) is 6.92 Å². The largest absolute Gasteiger partial charge is 0.481 e. The lowest BCUT2D eigenvalue weighted by Crippen LogP contribution is -2.53. The maximum atomic E-state index is 12.0. The third-order valence-corrected chi connectivity index (χ3v) is 7.29. The van der Waals surface area contributed by atoms with Crippen molar-refractivity contribution in [3.8, 4) is 0 Å². The summed E-state index contributed by atoms with van der Waals surface area (Å²) in [4.78, 5) is 12.0. The van der Waals surface area contributed by atoms with Gasteiger partial charge < -0.3 is 5.11 Å². The summed E-state index contributed by atoms with van der Waals surface area (Å²) in [6.45, 7) is 8.92. The maximum absolute atomic E-state index is 12.0. The van der Waals surface area contributed by atoms with Crippen molar-refractivity contribution in [1.29, 1.82) is 0 Å². The van der Waals surface area contributed by atoms with Crippen LogP contribution in [0.2, 0.25) is 0 Å². The highest BCUT2D eigenvalue weighted by molar-refractivity contribution is 5.75. The highest BCUT2D eigenvalue weighted by Crippen LogP contribution is 2.62. The predicted molar refractivity (Wildman–Crippen MR) is 89.5 cm³/mol. The van der Waals surface area contributed by atoms with Crippen molar-refractivity contribution in [2.75, 3.05) is 0 Å². The first-order valence-corrected chi connectivity index (χ1v) is 8.89. The van der Waals surface area contributed by atoms with E-state index in [-0.39, 0.29) is 5.41 Å². The van der Waals surface area contributed by atoms with Gasteiger partial charge in [-0.25, -0.2) is 0 Å². The Balaban J connectivity index is 2.02. The Morgan fingerprint density at radius 2 is 2.05 bits per heavy atom. The number of fused-ring (bicyclic) bond motifs is 3. The molecule has 0 spiro atoms. The Morgan fingerprint density at radius 3 is 2.73 bits per heavy atom. The van der Waals surface area contributed by atoms with E-state index >= 15 is 0 Å². The van der Waals surface area contributed by atoms with Crippen LogP contribution in [0.4, 0.5) is 0 Å². The molecule has 0 aromatic heterocycles. The SMILES string of the molecule is CC1=CC[C@H]2C(=C[C@@H]1C)CC[C@@H]1[C@]2(C)CCC[C@@]1(C)C(=O)O. The Bertz CT molecular complexity index is 544. The minimum absolute atomic E-state index is 0.149. The van der Waals surface area contributed by atoms with Crippen LogP contribution in [0, 0.1) is 28.6 Å². The van der Waals surface area contributed by atoms with Gasteiger partial charge >= 0.3 is 5.97 Å². The van der Waals surface area contributed by atoms with Gasteiger partial charge in [-0.3, -0.25) is 4.79 Å². The van der Waals surface area contributed by atoms with Crippen molar-refractivity contribution in [3.05, 3.63) is 23.3 Å². The quantitative estimate of drug-likeness (QED) is 0.675. The number of rotatable bonds is 1. The zero-order valence-corrected chi connectivity index (χ0v) is 14.5. The lowest BCUT2D eigenvalue weighted by atomic mass is 9.46. The Morgan fingerprint density at radius 1 is 1.32 bits per heavy atom. The standard InChI is InChI=1S/C20H30O2/c1-13-6-8-16-15(12-14(13)2)7-9-17-19(16,3)10-5-11-20(17,4)18(21)22/h6,12,14,16-17H,5,7-11H2,1-4H3,(H,21,22)/t14-,16-,17+,19+,20+/m0/s1. The molecule has 22 heavy (non-hydrogen) atoms. The first kappa shape index (κ1) is 15.8. The molecule has 5 atom stereocenters. The van der Waals surface area contributed by atoms with E-state index in [1.165, 1.54) is 12.0 Å². The molecule has 0 aliphatic heterocycles. The van der Waals surface area contributed by atoms with Gasteiger partial charge in [-0.15, -0.1) is 0 Å². The van der Waals surface area contributed by atoms with Crippen LogP contribution in [0.5, 0.6) is 0 Å². The summed E-state index contributed by atoms with van der Waals surface area (Å²) in [6.07, 6.45) is 11.2. The summed E-state index contributed by atoms with van der Waals surface area (Å²) in [5, 5.41) is 9.86. The van der Waals surface area contributed by atoms with E-state index in [0.717, 1.165) is 32.1 Å². The van der Waals surface area contributed by atoms with Crippen molar-refractivity contribution < 1.29 is 9.90 Å². The topological polar surface area (TPSA) is 37.3 Å². The lowest BCUT2D eigenvalue weighted by Gasteiger charge is -2.57. The average Bonchev–Trinajstić information content (AvgIpc) is 2.59. The van der Waals surface area contributed by atoms with Crippen molar-refractivity contribution in [1.82, 2.24) is 0 Å². The van der Waals surface area contributed by atoms with Crippen molar-refractivity contribution in [2.45, 2.75) is 66.2 Å². The van der Waals surface area contributed by atoms with E-state index in [9.17, 15) is 9.90 Å². The van der Waals surface area contributed by atoms with Crippen LogP contribution in [-0.4, -0.2) is 11.1 Å². The third-order valence-electron chi connectivity index (χ3n) is 7.29. The summed E-state index contributed by atoms with van der Waals surface area (Å²) in [6, 6.07) is 0. The molecular formula is C20H30O2. The molecule has 0 radical (unpaired) electrons. The molecule has 0 heterocycles. The van der Waals surface area contributed by atoms with Gasteiger partial charge in [0.2, 0.25) is 0 Å². The molecule has 2 saturated carbocycles. The maximum Gasteiger partial charge on any atom is 0.309 e.